The summed E-state index contributed by atoms with van der Waals surface area (Å²) in [5, 5.41) is 6.19. The zero-order chi connectivity index (χ0) is 12.3. The highest BCUT2D eigenvalue weighted by Gasteiger charge is 2.28. The smallest absolute Gasteiger partial charge is 0.237 e. The molecule has 98 valence electrons. The van der Waals surface area contributed by atoms with E-state index in [9.17, 15) is 13.2 Å². The minimum Gasteiger partial charge on any atom is -0.355 e. The largest absolute Gasteiger partial charge is 0.355 e. The van der Waals surface area contributed by atoms with Gasteiger partial charge in [0.05, 0.1) is 17.5 Å². The molecule has 1 amide bonds. The Morgan fingerprint density at radius 1 is 1.12 bits per heavy atom. The van der Waals surface area contributed by atoms with Crippen LogP contribution in [0.4, 0.5) is 0 Å². The van der Waals surface area contributed by atoms with Crippen LogP contribution < -0.4 is 10.6 Å². The third-order valence-electron chi connectivity index (χ3n) is 3.53. The average molecular weight is 260 g/mol. The predicted octanol–water partition coefficient (Wildman–Crippen LogP) is -0.178. The molecule has 0 saturated carbocycles. The topological polar surface area (TPSA) is 75.3 Å². The molecule has 1 unspecified atom stereocenters. The van der Waals surface area contributed by atoms with Crippen LogP contribution in [0.2, 0.25) is 0 Å². The van der Waals surface area contributed by atoms with Crippen molar-refractivity contribution < 1.29 is 13.2 Å². The highest BCUT2D eigenvalue weighted by atomic mass is 32.2. The first-order valence-corrected chi connectivity index (χ1v) is 8.13. The summed E-state index contributed by atoms with van der Waals surface area (Å²) in [6.45, 7) is 0.760. The highest BCUT2D eigenvalue weighted by molar-refractivity contribution is 7.91. The van der Waals surface area contributed by atoms with Crippen molar-refractivity contribution >= 4 is 15.7 Å². The maximum atomic E-state index is 11.7. The van der Waals surface area contributed by atoms with Crippen molar-refractivity contribution in [3.05, 3.63) is 0 Å². The van der Waals surface area contributed by atoms with Crippen LogP contribution in [-0.4, -0.2) is 44.5 Å². The van der Waals surface area contributed by atoms with E-state index >= 15 is 0 Å². The quantitative estimate of drug-likeness (QED) is 0.722. The van der Waals surface area contributed by atoms with Crippen LogP contribution in [-0.2, 0) is 14.6 Å². The first-order valence-electron chi connectivity index (χ1n) is 6.31. The molecule has 17 heavy (non-hydrogen) atoms. The molecule has 2 aliphatic rings. The van der Waals surface area contributed by atoms with E-state index in [1.54, 1.807) is 0 Å². The first kappa shape index (κ1) is 12.8. The lowest BCUT2D eigenvalue weighted by atomic mass is 10.1. The molecule has 6 heteroatoms. The lowest BCUT2D eigenvalue weighted by molar-refractivity contribution is -0.123. The molecule has 0 bridgehead atoms. The molecular formula is C11H20N2O3S. The predicted molar refractivity (Wildman–Crippen MR) is 65.5 cm³/mol. The molecule has 0 aromatic heterocycles. The summed E-state index contributed by atoms with van der Waals surface area (Å²) < 4.78 is 22.6. The monoisotopic (exact) mass is 260 g/mol. The number of carbonyl (C=O) groups excluding carboxylic acids is 1. The molecule has 5 nitrogen and oxygen atoms in total. The summed E-state index contributed by atoms with van der Waals surface area (Å²) in [5.74, 6) is 0.564. The Morgan fingerprint density at radius 3 is 2.53 bits per heavy atom. The van der Waals surface area contributed by atoms with Gasteiger partial charge in [0.2, 0.25) is 5.91 Å². The fourth-order valence-corrected chi connectivity index (χ4v) is 3.93. The van der Waals surface area contributed by atoms with Crippen molar-refractivity contribution in [2.75, 3.05) is 18.1 Å². The van der Waals surface area contributed by atoms with Crippen LogP contribution in [0.1, 0.15) is 32.1 Å². The summed E-state index contributed by atoms with van der Waals surface area (Å²) in [5.41, 5.74) is 0. The average Bonchev–Trinajstić information content (AvgIpc) is 2.47. The van der Waals surface area contributed by atoms with Gasteiger partial charge in [0.15, 0.2) is 0 Å². The minimum atomic E-state index is -2.82. The van der Waals surface area contributed by atoms with Gasteiger partial charge in [0, 0.05) is 12.6 Å². The van der Waals surface area contributed by atoms with Crippen LogP contribution in [0.5, 0.6) is 0 Å². The molecule has 0 radical (unpaired) electrons. The van der Waals surface area contributed by atoms with Crippen molar-refractivity contribution in [3.8, 4) is 0 Å². The lowest BCUT2D eigenvalue weighted by Crippen LogP contribution is -2.49. The normalized spacial score (nSPS) is 30.6. The van der Waals surface area contributed by atoms with Gasteiger partial charge in [0.25, 0.3) is 0 Å². The number of nitrogens with one attached hydrogen (secondary N) is 2. The summed E-state index contributed by atoms with van der Waals surface area (Å²) in [7, 11) is -2.82. The Morgan fingerprint density at radius 2 is 1.82 bits per heavy atom. The number of sulfone groups is 1. The Hall–Kier alpha value is -0.620. The van der Waals surface area contributed by atoms with Gasteiger partial charge in [-0.1, -0.05) is 0 Å². The molecule has 2 fully saturated rings. The Bertz CT molecular complexity index is 366. The van der Waals surface area contributed by atoms with Crippen LogP contribution in [0, 0.1) is 0 Å². The molecule has 0 aliphatic carbocycles. The van der Waals surface area contributed by atoms with E-state index in [4.69, 9.17) is 0 Å². The second-order valence-corrected chi connectivity index (χ2v) is 7.24. The minimum absolute atomic E-state index is 0.0657. The van der Waals surface area contributed by atoms with E-state index in [0.717, 1.165) is 25.8 Å². The van der Waals surface area contributed by atoms with Crippen molar-refractivity contribution in [2.45, 2.75) is 44.2 Å². The molecule has 2 aliphatic heterocycles. The number of carbonyl (C=O) groups is 1. The van der Waals surface area contributed by atoms with E-state index < -0.39 is 9.84 Å². The van der Waals surface area contributed by atoms with Crippen molar-refractivity contribution in [2.24, 2.45) is 0 Å². The Labute approximate surface area is 102 Å². The summed E-state index contributed by atoms with van der Waals surface area (Å²) >= 11 is 0. The molecule has 2 N–H and O–H groups in total. The maximum absolute atomic E-state index is 11.7. The summed E-state index contributed by atoms with van der Waals surface area (Å²) in [6.07, 6.45) is 4.19. The highest BCUT2D eigenvalue weighted by Crippen LogP contribution is 2.14. The first-order chi connectivity index (χ1) is 8.07. The van der Waals surface area contributed by atoms with Gasteiger partial charge in [0.1, 0.15) is 9.84 Å². The maximum Gasteiger partial charge on any atom is 0.237 e. The van der Waals surface area contributed by atoms with Gasteiger partial charge in [-0.3, -0.25) is 4.79 Å². The molecule has 0 aromatic rings. The fourth-order valence-electron chi connectivity index (χ4n) is 2.44. The zero-order valence-electron chi connectivity index (χ0n) is 9.94. The third kappa shape index (κ3) is 3.67. The van der Waals surface area contributed by atoms with Gasteiger partial charge in [-0.15, -0.1) is 0 Å². The van der Waals surface area contributed by atoms with E-state index in [-0.39, 0.29) is 29.5 Å². The van der Waals surface area contributed by atoms with Gasteiger partial charge >= 0.3 is 0 Å². The van der Waals surface area contributed by atoms with E-state index in [0.29, 0.717) is 12.8 Å². The van der Waals surface area contributed by atoms with Gasteiger partial charge in [-0.05, 0) is 32.1 Å². The molecule has 2 heterocycles. The van der Waals surface area contributed by atoms with E-state index in [1.165, 1.54) is 0 Å². The van der Waals surface area contributed by atoms with Gasteiger partial charge in [-0.25, -0.2) is 8.42 Å². The molecule has 2 rings (SSSR count). The summed E-state index contributed by atoms with van der Waals surface area (Å²) in [4.78, 5) is 11.7. The van der Waals surface area contributed by atoms with Gasteiger partial charge in [-0.2, -0.15) is 0 Å². The van der Waals surface area contributed by atoms with E-state index in [2.05, 4.69) is 10.6 Å². The number of amides is 1. The Kier molecular flexibility index (Phi) is 4.04. The number of rotatable bonds is 2. The van der Waals surface area contributed by atoms with E-state index in [1.807, 2.05) is 0 Å². The van der Waals surface area contributed by atoms with Crippen LogP contribution >= 0.6 is 0 Å². The molecule has 2 saturated heterocycles. The molecule has 0 spiro atoms. The van der Waals surface area contributed by atoms with Crippen LogP contribution in [0.3, 0.4) is 0 Å². The molecule has 1 atom stereocenters. The lowest BCUT2D eigenvalue weighted by Gasteiger charge is -2.27. The molecular weight excluding hydrogens is 240 g/mol. The Balaban J connectivity index is 1.86. The van der Waals surface area contributed by atoms with Gasteiger partial charge < -0.3 is 10.6 Å². The fraction of sp³-hybridized carbons (Fsp3) is 0.909. The zero-order valence-corrected chi connectivity index (χ0v) is 10.8. The van der Waals surface area contributed by atoms with Crippen molar-refractivity contribution in [1.82, 2.24) is 10.6 Å². The number of hydrogen-bond acceptors (Lipinski definition) is 4. The SMILES string of the molecule is O=C1NCCCCC1NC1CCS(=O)(=O)CC1. The third-order valence-corrected chi connectivity index (χ3v) is 5.24. The standard InChI is InChI=1S/C11H20N2O3S/c14-11-10(3-1-2-6-12-11)13-9-4-7-17(15,16)8-5-9/h9-10,13H,1-8H2,(H,12,14). The van der Waals surface area contributed by atoms with Crippen LogP contribution in [0.15, 0.2) is 0 Å². The second kappa shape index (κ2) is 5.35. The van der Waals surface area contributed by atoms with Crippen molar-refractivity contribution in [1.29, 1.82) is 0 Å². The van der Waals surface area contributed by atoms with Crippen molar-refractivity contribution in [3.63, 3.8) is 0 Å². The summed E-state index contributed by atoms with van der Waals surface area (Å²) in [6, 6.07) is 0.0377. The second-order valence-electron chi connectivity index (χ2n) is 4.93. The van der Waals surface area contributed by atoms with Crippen LogP contribution in [0.25, 0.3) is 0 Å². The molecule has 0 aromatic carbocycles. The number of hydrogen-bond donors (Lipinski definition) is 2.